The average molecular weight is 363 g/mol. The number of carbonyl (C=O) groups excluding carboxylic acids is 1. The van der Waals surface area contributed by atoms with Crippen LogP contribution in [0.1, 0.15) is 21.6 Å². The van der Waals surface area contributed by atoms with Gasteiger partial charge < -0.3 is 4.90 Å². The number of pyridine rings is 1. The van der Waals surface area contributed by atoms with E-state index in [-0.39, 0.29) is 18.3 Å². The van der Waals surface area contributed by atoms with Crippen LogP contribution < -0.4 is 0 Å². The number of aromatic nitrogens is 1. The van der Waals surface area contributed by atoms with Gasteiger partial charge in [0, 0.05) is 35.0 Å². The number of nitrogens with zero attached hydrogens (tertiary/aromatic N) is 2. The zero-order chi connectivity index (χ0) is 16.1. The third-order valence-corrected chi connectivity index (χ3v) is 3.66. The third kappa shape index (κ3) is 4.01. The number of rotatable bonds is 5. The van der Waals surface area contributed by atoms with Crippen molar-refractivity contribution in [1.29, 1.82) is 0 Å². The molecule has 0 unspecified atom stereocenters. The molecular weight excluding hydrogens is 347 g/mol. The Bertz CT molecular complexity index is 686. The highest BCUT2D eigenvalue weighted by Crippen LogP contribution is 2.18. The van der Waals surface area contributed by atoms with Gasteiger partial charge in [-0.2, -0.15) is 0 Å². The molecule has 0 saturated heterocycles. The summed E-state index contributed by atoms with van der Waals surface area (Å²) in [6, 6.07) is 8.18. The maximum atomic E-state index is 13.9. The van der Waals surface area contributed by atoms with Crippen LogP contribution in [0.15, 0.2) is 53.7 Å². The Hall–Kier alpha value is -2.01. The number of carbonyl (C=O) groups is 1. The van der Waals surface area contributed by atoms with Gasteiger partial charge >= 0.3 is 0 Å². The van der Waals surface area contributed by atoms with Gasteiger partial charge in [-0.15, -0.1) is 6.58 Å². The van der Waals surface area contributed by atoms with Crippen LogP contribution in [0.5, 0.6) is 0 Å². The Kier molecular flexibility index (Phi) is 5.44. The lowest BCUT2D eigenvalue weighted by Gasteiger charge is -2.21. The molecule has 2 rings (SSSR count). The molecule has 0 N–H and O–H groups in total. The Balaban J connectivity index is 2.25. The Morgan fingerprint density at radius 2 is 2.18 bits per heavy atom. The van der Waals surface area contributed by atoms with Gasteiger partial charge in [-0.3, -0.25) is 9.78 Å². The van der Waals surface area contributed by atoms with Crippen molar-refractivity contribution < 1.29 is 9.18 Å². The molecule has 3 nitrogen and oxygen atoms in total. The van der Waals surface area contributed by atoms with E-state index in [1.807, 2.05) is 6.92 Å². The van der Waals surface area contributed by atoms with E-state index in [2.05, 4.69) is 27.5 Å². The monoisotopic (exact) mass is 362 g/mol. The van der Waals surface area contributed by atoms with Gasteiger partial charge in [-0.05, 0) is 37.3 Å². The van der Waals surface area contributed by atoms with E-state index in [0.717, 1.165) is 10.2 Å². The van der Waals surface area contributed by atoms with Crippen LogP contribution in [0.3, 0.4) is 0 Å². The summed E-state index contributed by atoms with van der Waals surface area (Å²) in [5.41, 5.74) is 1.76. The van der Waals surface area contributed by atoms with E-state index in [9.17, 15) is 9.18 Å². The van der Waals surface area contributed by atoms with Gasteiger partial charge in [0.1, 0.15) is 5.82 Å². The Labute approximate surface area is 137 Å². The topological polar surface area (TPSA) is 33.2 Å². The summed E-state index contributed by atoms with van der Waals surface area (Å²) in [6.07, 6.45) is 3.15. The van der Waals surface area contributed by atoms with Crippen molar-refractivity contribution in [3.63, 3.8) is 0 Å². The van der Waals surface area contributed by atoms with Gasteiger partial charge in [-0.25, -0.2) is 4.39 Å². The second-order valence-electron chi connectivity index (χ2n) is 4.90. The number of amides is 1. The molecule has 0 fully saturated rings. The maximum Gasteiger partial charge on any atom is 0.256 e. The molecule has 0 aliphatic rings. The second kappa shape index (κ2) is 7.31. The second-order valence-corrected chi connectivity index (χ2v) is 5.81. The number of aryl methyl sites for hydroxylation is 1. The smallest absolute Gasteiger partial charge is 0.256 e. The van der Waals surface area contributed by atoms with E-state index in [1.165, 1.54) is 17.2 Å². The number of hydrogen-bond acceptors (Lipinski definition) is 2. The largest absolute Gasteiger partial charge is 0.330 e. The van der Waals surface area contributed by atoms with Gasteiger partial charge in [-0.1, -0.05) is 22.0 Å². The molecule has 1 amide bonds. The fraction of sp³-hybridized carbons (Fsp3) is 0.176. The van der Waals surface area contributed by atoms with E-state index in [4.69, 9.17) is 0 Å². The minimum Gasteiger partial charge on any atom is -0.330 e. The standard InChI is InChI=1S/C17H16BrFN2O/c1-3-8-21(11-14-9-15(18)6-7-16(14)19)17(22)13-5-4-12(2)20-10-13/h3-7,9-10H,1,8,11H2,2H3. The average Bonchev–Trinajstić information content (AvgIpc) is 2.50. The van der Waals surface area contributed by atoms with Crippen molar-refractivity contribution >= 4 is 21.8 Å². The van der Waals surface area contributed by atoms with Crippen LogP contribution in [0.2, 0.25) is 0 Å². The SMILES string of the molecule is C=CCN(Cc1cc(Br)ccc1F)C(=O)c1ccc(C)nc1. The van der Waals surface area contributed by atoms with Gasteiger partial charge in [0.2, 0.25) is 0 Å². The first-order valence-corrected chi connectivity index (χ1v) is 7.57. The molecule has 0 atom stereocenters. The molecule has 114 valence electrons. The highest BCUT2D eigenvalue weighted by molar-refractivity contribution is 9.10. The lowest BCUT2D eigenvalue weighted by Crippen LogP contribution is -2.31. The zero-order valence-corrected chi connectivity index (χ0v) is 13.8. The Morgan fingerprint density at radius 3 is 2.82 bits per heavy atom. The molecule has 2 aromatic rings. The molecule has 0 saturated carbocycles. The molecule has 1 aromatic heterocycles. The van der Waals surface area contributed by atoms with Crippen LogP contribution in [0.4, 0.5) is 4.39 Å². The highest BCUT2D eigenvalue weighted by atomic mass is 79.9. The molecular formula is C17H16BrFN2O. The van der Waals surface area contributed by atoms with Crippen LogP contribution in [-0.4, -0.2) is 22.3 Å². The predicted molar refractivity (Wildman–Crippen MR) is 88.0 cm³/mol. The number of halogens is 2. The first-order valence-electron chi connectivity index (χ1n) is 6.78. The number of benzene rings is 1. The lowest BCUT2D eigenvalue weighted by molar-refractivity contribution is 0.0761. The molecule has 0 radical (unpaired) electrons. The van der Waals surface area contributed by atoms with E-state index >= 15 is 0 Å². The summed E-state index contributed by atoms with van der Waals surface area (Å²) in [5.74, 6) is -0.543. The fourth-order valence-electron chi connectivity index (χ4n) is 2.02. The summed E-state index contributed by atoms with van der Waals surface area (Å²) >= 11 is 3.31. The highest BCUT2D eigenvalue weighted by Gasteiger charge is 2.17. The normalized spacial score (nSPS) is 10.3. The van der Waals surface area contributed by atoms with Crippen LogP contribution >= 0.6 is 15.9 Å². The van der Waals surface area contributed by atoms with Gasteiger partial charge in [0.25, 0.3) is 5.91 Å². The minimum atomic E-state index is -0.341. The zero-order valence-electron chi connectivity index (χ0n) is 12.2. The van der Waals surface area contributed by atoms with Crippen molar-refractivity contribution in [2.75, 3.05) is 6.54 Å². The van der Waals surface area contributed by atoms with Crippen LogP contribution in [0, 0.1) is 12.7 Å². The van der Waals surface area contributed by atoms with Crippen molar-refractivity contribution in [2.24, 2.45) is 0 Å². The summed E-state index contributed by atoms with van der Waals surface area (Å²) < 4.78 is 14.7. The molecule has 22 heavy (non-hydrogen) atoms. The Morgan fingerprint density at radius 1 is 1.41 bits per heavy atom. The van der Waals surface area contributed by atoms with Gasteiger partial charge in [0.15, 0.2) is 0 Å². The molecule has 1 heterocycles. The number of hydrogen-bond donors (Lipinski definition) is 0. The molecule has 0 bridgehead atoms. The summed E-state index contributed by atoms with van der Waals surface area (Å²) in [5, 5.41) is 0. The summed E-state index contributed by atoms with van der Waals surface area (Å²) in [7, 11) is 0. The molecule has 0 aliphatic heterocycles. The first kappa shape index (κ1) is 16.4. The lowest BCUT2D eigenvalue weighted by atomic mass is 10.1. The van der Waals surface area contributed by atoms with Crippen molar-refractivity contribution in [2.45, 2.75) is 13.5 Å². The first-order chi connectivity index (χ1) is 10.5. The third-order valence-electron chi connectivity index (χ3n) is 3.16. The maximum absolute atomic E-state index is 13.9. The summed E-state index contributed by atoms with van der Waals surface area (Å²) in [4.78, 5) is 18.2. The predicted octanol–water partition coefficient (Wildman–Crippen LogP) is 4.12. The molecule has 0 spiro atoms. The van der Waals surface area contributed by atoms with Crippen molar-refractivity contribution in [3.8, 4) is 0 Å². The quantitative estimate of drug-likeness (QED) is 0.749. The molecule has 5 heteroatoms. The van der Waals surface area contributed by atoms with E-state index < -0.39 is 0 Å². The summed E-state index contributed by atoms with van der Waals surface area (Å²) in [6.45, 7) is 6.02. The van der Waals surface area contributed by atoms with Crippen molar-refractivity contribution in [1.82, 2.24) is 9.88 Å². The van der Waals surface area contributed by atoms with Crippen molar-refractivity contribution in [3.05, 3.63) is 76.3 Å². The minimum absolute atomic E-state index is 0.171. The van der Waals surface area contributed by atoms with E-state index in [1.54, 1.807) is 30.3 Å². The molecule has 0 aliphatic carbocycles. The van der Waals surface area contributed by atoms with Crippen LogP contribution in [-0.2, 0) is 6.54 Å². The van der Waals surface area contributed by atoms with Crippen LogP contribution in [0.25, 0.3) is 0 Å². The molecule has 1 aromatic carbocycles. The van der Waals surface area contributed by atoms with E-state index in [0.29, 0.717) is 17.7 Å². The van der Waals surface area contributed by atoms with Gasteiger partial charge in [0.05, 0.1) is 5.56 Å². The fourth-order valence-corrected chi connectivity index (χ4v) is 2.43.